The first-order chi connectivity index (χ1) is 6.93. The number of carbonyl (C=O) groups is 4. The molecule has 0 N–H and O–H groups in total. The Hall–Kier alpha value is -0.419. The number of hydrogen-bond acceptors (Lipinski definition) is 8. The minimum atomic E-state index is -1.08. The zero-order valence-electron chi connectivity index (χ0n) is 10.8. The first-order valence-corrected chi connectivity index (χ1v) is 3.63. The van der Waals surface area contributed by atoms with E-state index in [0.29, 0.717) is 0 Å². The summed E-state index contributed by atoms with van der Waals surface area (Å²) in [6.07, 6.45) is 0. The summed E-state index contributed by atoms with van der Waals surface area (Å²) in [5.41, 5.74) is 0. The summed E-state index contributed by atoms with van der Waals surface area (Å²) in [5.74, 6) is -4.33. The molecule has 0 aromatic rings. The van der Waals surface area contributed by atoms with E-state index in [0.717, 1.165) is 27.7 Å². The summed E-state index contributed by atoms with van der Waals surface area (Å²) in [6, 6.07) is 0. The van der Waals surface area contributed by atoms with Gasteiger partial charge in [-0.1, -0.05) is 0 Å². The van der Waals surface area contributed by atoms with Crippen molar-refractivity contribution >= 4 is 32.3 Å². The third-order valence-corrected chi connectivity index (χ3v) is 0. The van der Waals surface area contributed by atoms with Crippen LogP contribution in [0.1, 0.15) is 27.7 Å². The minimum absolute atomic E-state index is 0. The number of aliphatic carboxylic acids is 4. The van der Waals surface area contributed by atoms with Gasteiger partial charge in [-0.3, -0.25) is 0 Å². The second kappa shape index (κ2) is 30.0. The molecule has 0 aromatic carbocycles. The zero-order chi connectivity index (χ0) is 14.3. The zero-order valence-corrected chi connectivity index (χ0v) is 14.0. The SMILES string of the molecule is CC(=O)[O-].CC(=O)[O-].CC(=O)[O-].CC(=O)[O-].[B+3].[K+]. The molecule has 18 heavy (non-hydrogen) atoms. The van der Waals surface area contributed by atoms with Gasteiger partial charge in [0.25, 0.3) is 0 Å². The van der Waals surface area contributed by atoms with Gasteiger partial charge in [0.15, 0.2) is 0 Å². The molecule has 0 fully saturated rings. The number of hydrogen-bond donors (Lipinski definition) is 0. The Morgan fingerprint density at radius 1 is 0.556 bits per heavy atom. The van der Waals surface area contributed by atoms with Crippen LogP contribution in [0.25, 0.3) is 0 Å². The summed E-state index contributed by atoms with van der Waals surface area (Å²) < 4.78 is 0. The Balaban J connectivity index is -0.0000000257. The van der Waals surface area contributed by atoms with Crippen molar-refractivity contribution in [1.29, 1.82) is 0 Å². The van der Waals surface area contributed by atoms with Gasteiger partial charge in [0, 0.05) is 23.9 Å². The maximum atomic E-state index is 8.89. The van der Waals surface area contributed by atoms with Crippen LogP contribution in [-0.2, 0) is 19.2 Å². The molecule has 0 spiro atoms. The first-order valence-electron chi connectivity index (χ1n) is 3.63. The van der Waals surface area contributed by atoms with Gasteiger partial charge in [-0.05, 0) is 27.7 Å². The topological polar surface area (TPSA) is 161 Å². The van der Waals surface area contributed by atoms with Crippen LogP contribution >= 0.6 is 0 Å². The molecule has 8 nitrogen and oxygen atoms in total. The summed E-state index contributed by atoms with van der Waals surface area (Å²) in [7, 11) is 0. The van der Waals surface area contributed by atoms with Gasteiger partial charge in [-0.15, -0.1) is 0 Å². The Kier molecular flexibility index (Phi) is 60.1. The van der Waals surface area contributed by atoms with Gasteiger partial charge in [-0.25, -0.2) is 0 Å². The minimum Gasteiger partial charge on any atom is -0.550 e. The van der Waals surface area contributed by atoms with Crippen molar-refractivity contribution in [3.8, 4) is 0 Å². The van der Waals surface area contributed by atoms with Crippen molar-refractivity contribution in [1.82, 2.24) is 0 Å². The number of carbonyl (C=O) groups excluding carboxylic acids is 4. The molecule has 0 aromatic heterocycles. The summed E-state index contributed by atoms with van der Waals surface area (Å²) in [5, 5.41) is 35.6. The van der Waals surface area contributed by atoms with E-state index in [2.05, 4.69) is 0 Å². The number of rotatable bonds is 0. The molecular formula is C8H12BKO8. The van der Waals surface area contributed by atoms with Crippen LogP contribution in [0.4, 0.5) is 0 Å². The second-order valence-electron chi connectivity index (χ2n) is 1.97. The molecule has 96 valence electrons. The molecule has 0 bridgehead atoms. The second-order valence-corrected chi connectivity index (χ2v) is 1.97. The Bertz CT molecular complexity index is 167. The van der Waals surface area contributed by atoms with Gasteiger partial charge >= 0.3 is 59.8 Å². The molecule has 0 saturated carbocycles. The summed E-state index contributed by atoms with van der Waals surface area (Å²) >= 11 is 0. The van der Waals surface area contributed by atoms with E-state index in [1.807, 2.05) is 0 Å². The van der Waals surface area contributed by atoms with Gasteiger partial charge in [0.1, 0.15) is 0 Å². The molecule has 0 heterocycles. The average molecular weight is 286 g/mol. The largest absolute Gasteiger partial charge is 3.00 e. The van der Waals surface area contributed by atoms with Gasteiger partial charge < -0.3 is 39.6 Å². The molecule has 0 aliphatic carbocycles. The van der Waals surface area contributed by atoms with Crippen molar-refractivity contribution in [3.05, 3.63) is 0 Å². The predicted octanol–water partition coefficient (Wildman–Crippen LogP) is -8.35. The van der Waals surface area contributed by atoms with Crippen LogP contribution in [-0.4, -0.2) is 32.3 Å². The maximum absolute atomic E-state index is 8.89. The molecular weight excluding hydrogens is 274 g/mol. The first kappa shape index (κ1) is 36.0. The normalized spacial score (nSPS) is 5.56. The molecule has 0 radical (unpaired) electrons. The smallest absolute Gasteiger partial charge is 0.550 e. The van der Waals surface area contributed by atoms with E-state index in [4.69, 9.17) is 39.6 Å². The predicted molar refractivity (Wildman–Crippen MR) is 48.5 cm³/mol. The molecule has 0 amide bonds. The van der Waals surface area contributed by atoms with Crippen LogP contribution in [0.15, 0.2) is 0 Å². The molecule has 0 aliphatic heterocycles. The summed E-state index contributed by atoms with van der Waals surface area (Å²) in [6.45, 7) is 3.89. The fourth-order valence-corrected chi connectivity index (χ4v) is 0. The fourth-order valence-electron chi connectivity index (χ4n) is 0. The van der Waals surface area contributed by atoms with Crippen molar-refractivity contribution in [3.63, 3.8) is 0 Å². The third-order valence-electron chi connectivity index (χ3n) is 0. The Labute approximate surface area is 149 Å². The van der Waals surface area contributed by atoms with Crippen molar-refractivity contribution in [2.24, 2.45) is 0 Å². The number of carboxylic acid groups (broad SMARTS) is 4. The quantitative estimate of drug-likeness (QED) is 0.396. The Morgan fingerprint density at radius 2 is 0.556 bits per heavy atom. The van der Waals surface area contributed by atoms with E-state index >= 15 is 0 Å². The van der Waals surface area contributed by atoms with E-state index in [1.54, 1.807) is 0 Å². The van der Waals surface area contributed by atoms with Gasteiger partial charge in [-0.2, -0.15) is 0 Å². The number of carboxylic acids is 4. The molecule has 0 rings (SSSR count). The van der Waals surface area contributed by atoms with Crippen LogP contribution < -0.4 is 71.8 Å². The van der Waals surface area contributed by atoms with Crippen LogP contribution in [0.5, 0.6) is 0 Å². The van der Waals surface area contributed by atoms with E-state index in [-0.39, 0.29) is 59.8 Å². The molecule has 10 heteroatoms. The van der Waals surface area contributed by atoms with Crippen molar-refractivity contribution in [2.75, 3.05) is 0 Å². The van der Waals surface area contributed by atoms with Crippen LogP contribution in [0, 0.1) is 0 Å². The maximum Gasteiger partial charge on any atom is 3.00 e. The molecule has 0 saturated heterocycles. The summed E-state index contributed by atoms with van der Waals surface area (Å²) in [4.78, 5) is 35.6. The third kappa shape index (κ3) is 18900. The molecule has 0 aliphatic rings. The van der Waals surface area contributed by atoms with E-state index in [9.17, 15) is 0 Å². The average Bonchev–Trinajstić information content (AvgIpc) is 1.76. The van der Waals surface area contributed by atoms with E-state index in [1.165, 1.54) is 0 Å². The van der Waals surface area contributed by atoms with Crippen LogP contribution in [0.3, 0.4) is 0 Å². The van der Waals surface area contributed by atoms with Gasteiger partial charge in [0.05, 0.1) is 0 Å². The monoisotopic (exact) mass is 286 g/mol. The van der Waals surface area contributed by atoms with Crippen molar-refractivity contribution in [2.45, 2.75) is 27.7 Å². The van der Waals surface area contributed by atoms with Crippen molar-refractivity contribution < 1.29 is 91.0 Å². The van der Waals surface area contributed by atoms with Gasteiger partial charge in [0.2, 0.25) is 0 Å². The standard InChI is InChI=1S/4C2H4O2.B.K/c4*1-2(3)4;;/h4*1H3,(H,3,4);;/q;;;;+3;+1/p-4. The molecule has 0 atom stereocenters. The van der Waals surface area contributed by atoms with E-state index < -0.39 is 23.9 Å². The Morgan fingerprint density at radius 3 is 0.556 bits per heavy atom. The fraction of sp³-hybridized carbons (Fsp3) is 0.500. The van der Waals surface area contributed by atoms with Crippen LogP contribution in [0.2, 0.25) is 0 Å². The molecule has 0 unspecified atom stereocenters.